The van der Waals surface area contributed by atoms with Gasteiger partial charge in [-0.1, -0.05) is 19.1 Å². The molecule has 0 saturated heterocycles. The molecule has 0 aliphatic carbocycles. The Kier molecular flexibility index (Phi) is 4.02. The van der Waals surface area contributed by atoms with Crippen molar-refractivity contribution in [2.75, 3.05) is 0 Å². The summed E-state index contributed by atoms with van der Waals surface area (Å²) in [7, 11) is 0. The number of carbonyl (C=O) groups excluding carboxylic acids is 1. The molecule has 0 spiro atoms. The maximum atomic E-state index is 11.0. The minimum atomic E-state index is -1.13. The second kappa shape index (κ2) is 5.27. The lowest BCUT2D eigenvalue weighted by Crippen LogP contribution is -2.20. The van der Waals surface area contributed by atoms with E-state index in [0.29, 0.717) is 11.3 Å². The Morgan fingerprint density at radius 1 is 1.50 bits per heavy atom. The maximum absolute atomic E-state index is 11.0. The zero-order valence-corrected chi connectivity index (χ0v) is 8.84. The van der Waals surface area contributed by atoms with E-state index < -0.39 is 12.0 Å². The molecule has 0 aliphatic heterocycles. The molecule has 1 aromatic carbocycles. The summed E-state index contributed by atoms with van der Waals surface area (Å²) in [5.41, 5.74) is 5.83. The van der Waals surface area contributed by atoms with Crippen LogP contribution in [-0.4, -0.2) is 17.0 Å². The molecule has 86 valence electrons. The summed E-state index contributed by atoms with van der Waals surface area (Å²) in [5.74, 6) is -1.19. The summed E-state index contributed by atoms with van der Waals surface area (Å²) in [4.78, 5) is 21.7. The molecular formula is C11H13NO4. The van der Waals surface area contributed by atoms with Gasteiger partial charge in [0.1, 0.15) is 11.8 Å². The maximum Gasteiger partial charge on any atom is 0.325 e. The standard InChI is InChI=1S/C11H13NO4/c1-2-9(13)16-8-5-3-4-7(6-8)10(12)11(14)15/h3-6,10H,2,12H2,1H3,(H,14,15)/t10-/m1/s1. The van der Waals surface area contributed by atoms with Gasteiger partial charge in [0.25, 0.3) is 0 Å². The van der Waals surface area contributed by atoms with Crippen LogP contribution in [0.25, 0.3) is 0 Å². The van der Waals surface area contributed by atoms with Crippen molar-refractivity contribution in [1.82, 2.24) is 0 Å². The van der Waals surface area contributed by atoms with Crippen molar-refractivity contribution >= 4 is 11.9 Å². The number of carbonyl (C=O) groups is 2. The van der Waals surface area contributed by atoms with E-state index in [2.05, 4.69) is 0 Å². The van der Waals surface area contributed by atoms with Gasteiger partial charge in [0.15, 0.2) is 0 Å². The topological polar surface area (TPSA) is 89.6 Å². The van der Waals surface area contributed by atoms with Crippen LogP contribution in [0.15, 0.2) is 24.3 Å². The molecule has 0 fully saturated rings. The first-order valence-corrected chi connectivity index (χ1v) is 4.83. The minimum absolute atomic E-state index is 0.259. The van der Waals surface area contributed by atoms with E-state index >= 15 is 0 Å². The first-order valence-electron chi connectivity index (χ1n) is 4.83. The summed E-state index contributed by atoms with van der Waals surface area (Å²) >= 11 is 0. The molecule has 3 N–H and O–H groups in total. The Bertz CT molecular complexity index is 403. The molecule has 0 bridgehead atoms. The zero-order valence-electron chi connectivity index (χ0n) is 8.84. The number of hydrogen-bond acceptors (Lipinski definition) is 4. The first kappa shape index (κ1) is 12.2. The van der Waals surface area contributed by atoms with Crippen molar-refractivity contribution in [2.24, 2.45) is 5.73 Å². The highest BCUT2D eigenvalue weighted by Crippen LogP contribution is 2.18. The van der Waals surface area contributed by atoms with Gasteiger partial charge in [-0.15, -0.1) is 0 Å². The largest absolute Gasteiger partial charge is 0.480 e. The average molecular weight is 223 g/mol. The summed E-state index contributed by atoms with van der Waals surface area (Å²) in [6, 6.07) is 5.08. The normalized spacial score (nSPS) is 11.9. The number of rotatable bonds is 4. The summed E-state index contributed by atoms with van der Waals surface area (Å²) in [6.45, 7) is 1.68. The van der Waals surface area contributed by atoms with Crippen molar-refractivity contribution in [3.63, 3.8) is 0 Å². The molecule has 16 heavy (non-hydrogen) atoms. The first-order chi connectivity index (χ1) is 7.54. The molecule has 1 atom stereocenters. The molecule has 0 unspecified atom stereocenters. The van der Waals surface area contributed by atoms with Gasteiger partial charge in [0.2, 0.25) is 0 Å². The monoisotopic (exact) mass is 223 g/mol. The Balaban J connectivity index is 2.86. The number of ether oxygens (including phenoxy) is 1. The molecule has 0 saturated carbocycles. The van der Waals surface area contributed by atoms with Gasteiger partial charge in [-0.05, 0) is 17.7 Å². The Labute approximate surface area is 92.8 Å². The zero-order chi connectivity index (χ0) is 12.1. The predicted molar refractivity (Wildman–Crippen MR) is 56.9 cm³/mol. The van der Waals surface area contributed by atoms with E-state index in [4.69, 9.17) is 15.6 Å². The van der Waals surface area contributed by atoms with Crippen LogP contribution in [0.3, 0.4) is 0 Å². The predicted octanol–water partition coefficient (Wildman–Crippen LogP) is 1.09. The third-order valence-corrected chi connectivity index (χ3v) is 2.00. The fourth-order valence-corrected chi connectivity index (χ4v) is 1.12. The second-order valence-corrected chi connectivity index (χ2v) is 3.22. The van der Waals surface area contributed by atoms with Crippen molar-refractivity contribution in [3.05, 3.63) is 29.8 Å². The molecular weight excluding hydrogens is 210 g/mol. The van der Waals surface area contributed by atoms with E-state index in [-0.39, 0.29) is 12.4 Å². The quantitative estimate of drug-likeness (QED) is 0.589. The summed E-state index contributed by atoms with van der Waals surface area (Å²) in [5, 5.41) is 8.72. The van der Waals surface area contributed by atoms with Gasteiger partial charge in [-0.25, -0.2) is 0 Å². The molecule has 0 aromatic heterocycles. The van der Waals surface area contributed by atoms with Gasteiger partial charge in [0, 0.05) is 6.42 Å². The molecule has 0 heterocycles. The lowest BCUT2D eigenvalue weighted by Gasteiger charge is -2.08. The third kappa shape index (κ3) is 3.06. The fraction of sp³-hybridized carbons (Fsp3) is 0.273. The highest BCUT2D eigenvalue weighted by atomic mass is 16.5. The average Bonchev–Trinajstić information content (AvgIpc) is 2.28. The fourth-order valence-electron chi connectivity index (χ4n) is 1.12. The number of aliphatic carboxylic acids is 1. The van der Waals surface area contributed by atoms with Crippen LogP contribution in [0.2, 0.25) is 0 Å². The summed E-state index contributed by atoms with van der Waals surface area (Å²) < 4.78 is 4.95. The second-order valence-electron chi connectivity index (χ2n) is 3.22. The third-order valence-electron chi connectivity index (χ3n) is 2.00. The van der Waals surface area contributed by atoms with E-state index in [9.17, 15) is 9.59 Å². The molecule has 0 radical (unpaired) electrons. The van der Waals surface area contributed by atoms with E-state index in [0.717, 1.165) is 0 Å². The minimum Gasteiger partial charge on any atom is -0.480 e. The Hall–Kier alpha value is -1.88. The van der Waals surface area contributed by atoms with Gasteiger partial charge in [-0.2, -0.15) is 0 Å². The van der Waals surface area contributed by atoms with Gasteiger partial charge >= 0.3 is 11.9 Å². The van der Waals surface area contributed by atoms with E-state index in [1.807, 2.05) is 0 Å². The highest BCUT2D eigenvalue weighted by Gasteiger charge is 2.14. The van der Waals surface area contributed by atoms with Crippen LogP contribution in [-0.2, 0) is 9.59 Å². The van der Waals surface area contributed by atoms with Crippen molar-refractivity contribution in [2.45, 2.75) is 19.4 Å². The smallest absolute Gasteiger partial charge is 0.325 e. The molecule has 1 rings (SSSR count). The Morgan fingerprint density at radius 3 is 2.75 bits per heavy atom. The molecule has 0 aliphatic rings. The Morgan fingerprint density at radius 2 is 2.19 bits per heavy atom. The number of carboxylic acid groups (broad SMARTS) is 1. The van der Waals surface area contributed by atoms with Crippen LogP contribution in [0.4, 0.5) is 0 Å². The molecule has 0 amide bonds. The highest BCUT2D eigenvalue weighted by molar-refractivity contribution is 5.76. The van der Waals surface area contributed by atoms with Crippen LogP contribution in [0.1, 0.15) is 24.9 Å². The van der Waals surface area contributed by atoms with Crippen LogP contribution in [0, 0.1) is 0 Å². The SMILES string of the molecule is CCC(=O)Oc1cccc([C@@H](N)C(=O)O)c1. The molecule has 5 heteroatoms. The number of esters is 1. The van der Waals surface area contributed by atoms with Crippen LogP contribution < -0.4 is 10.5 Å². The van der Waals surface area contributed by atoms with E-state index in [1.54, 1.807) is 25.1 Å². The van der Waals surface area contributed by atoms with Crippen molar-refractivity contribution in [3.8, 4) is 5.75 Å². The van der Waals surface area contributed by atoms with Crippen molar-refractivity contribution < 1.29 is 19.4 Å². The lowest BCUT2D eigenvalue weighted by molar-refractivity contribution is -0.138. The molecule has 1 aromatic rings. The number of carboxylic acids is 1. The summed E-state index contributed by atoms with van der Waals surface area (Å²) in [6.07, 6.45) is 0.259. The van der Waals surface area contributed by atoms with Crippen LogP contribution in [0.5, 0.6) is 5.75 Å². The van der Waals surface area contributed by atoms with Gasteiger partial charge in [-0.3, -0.25) is 9.59 Å². The number of hydrogen-bond donors (Lipinski definition) is 2. The van der Waals surface area contributed by atoms with Crippen molar-refractivity contribution in [1.29, 1.82) is 0 Å². The number of benzene rings is 1. The van der Waals surface area contributed by atoms with Gasteiger partial charge < -0.3 is 15.6 Å². The lowest BCUT2D eigenvalue weighted by atomic mass is 10.1. The number of nitrogens with two attached hydrogens (primary N) is 1. The van der Waals surface area contributed by atoms with E-state index in [1.165, 1.54) is 6.07 Å². The van der Waals surface area contributed by atoms with Crippen LogP contribution >= 0.6 is 0 Å². The van der Waals surface area contributed by atoms with Gasteiger partial charge in [0.05, 0.1) is 0 Å². The molecule has 5 nitrogen and oxygen atoms in total.